The van der Waals surface area contributed by atoms with E-state index in [1.165, 1.54) is 18.1 Å². The van der Waals surface area contributed by atoms with E-state index in [1.807, 2.05) is 54.6 Å². The monoisotopic (exact) mass is 324 g/mol. The van der Waals surface area contributed by atoms with Gasteiger partial charge in [-0.15, -0.1) is 11.8 Å². The van der Waals surface area contributed by atoms with E-state index in [0.717, 1.165) is 16.1 Å². The number of aromatic nitrogens is 3. The Morgan fingerprint density at radius 3 is 2.57 bits per heavy atom. The summed E-state index contributed by atoms with van der Waals surface area (Å²) in [6.07, 6.45) is 3.15. The van der Waals surface area contributed by atoms with E-state index in [1.54, 1.807) is 11.0 Å². The van der Waals surface area contributed by atoms with Gasteiger partial charge in [0.2, 0.25) is 5.91 Å². The van der Waals surface area contributed by atoms with Crippen LogP contribution in [0.2, 0.25) is 0 Å². The van der Waals surface area contributed by atoms with Crippen molar-refractivity contribution < 1.29 is 4.79 Å². The molecule has 0 radical (unpaired) electrons. The maximum absolute atomic E-state index is 11.9. The molecule has 0 unspecified atom stereocenters. The highest BCUT2D eigenvalue weighted by atomic mass is 32.2. The number of amides is 1. The quantitative estimate of drug-likeness (QED) is 0.708. The van der Waals surface area contributed by atoms with Gasteiger partial charge in [-0.1, -0.05) is 30.3 Å². The number of carbonyl (C=O) groups is 1. The summed E-state index contributed by atoms with van der Waals surface area (Å²) in [5.41, 5.74) is 1.99. The number of benzene rings is 2. The number of nitrogens with one attached hydrogen (secondary N) is 1. The van der Waals surface area contributed by atoms with Gasteiger partial charge in [0.15, 0.2) is 0 Å². The van der Waals surface area contributed by atoms with Crippen LogP contribution in [0, 0.1) is 0 Å². The Bertz CT molecular complexity index is 742. The molecule has 0 bridgehead atoms. The van der Waals surface area contributed by atoms with Crippen LogP contribution in [0.3, 0.4) is 0 Å². The first-order valence-electron chi connectivity index (χ1n) is 7.20. The van der Waals surface area contributed by atoms with Crippen molar-refractivity contribution in [3.63, 3.8) is 0 Å². The molecule has 0 spiro atoms. The summed E-state index contributed by atoms with van der Waals surface area (Å²) < 4.78 is 1.69. The first kappa shape index (κ1) is 15.3. The predicted octanol–water partition coefficient (Wildman–Crippen LogP) is 2.68. The number of nitrogens with zero attached hydrogens (tertiary/aromatic N) is 3. The molecule has 1 aromatic heterocycles. The molecule has 23 heavy (non-hydrogen) atoms. The maximum atomic E-state index is 11.9. The van der Waals surface area contributed by atoms with Crippen molar-refractivity contribution in [2.24, 2.45) is 0 Å². The predicted molar refractivity (Wildman–Crippen MR) is 90.4 cm³/mol. The Morgan fingerprint density at radius 1 is 1.09 bits per heavy atom. The Hall–Kier alpha value is -2.60. The van der Waals surface area contributed by atoms with Gasteiger partial charge < -0.3 is 5.32 Å². The molecule has 0 aliphatic heterocycles. The first-order chi connectivity index (χ1) is 11.3. The molecule has 1 amide bonds. The van der Waals surface area contributed by atoms with Crippen molar-refractivity contribution in [1.82, 2.24) is 20.1 Å². The van der Waals surface area contributed by atoms with Crippen LogP contribution in [0.4, 0.5) is 0 Å². The van der Waals surface area contributed by atoms with Crippen LogP contribution >= 0.6 is 11.8 Å². The van der Waals surface area contributed by atoms with Crippen LogP contribution in [0.1, 0.15) is 5.56 Å². The fourth-order valence-corrected chi connectivity index (χ4v) is 2.77. The molecule has 116 valence electrons. The average molecular weight is 324 g/mol. The van der Waals surface area contributed by atoms with Crippen molar-refractivity contribution in [3.05, 3.63) is 72.8 Å². The molecule has 0 aliphatic carbocycles. The maximum Gasteiger partial charge on any atom is 0.230 e. The van der Waals surface area contributed by atoms with E-state index in [9.17, 15) is 4.79 Å². The third-order valence-corrected chi connectivity index (χ3v) is 4.23. The van der Waals surface area contributed by atoms with Crippen LogP contribution in [-0.4, -0.2) is 26.4 Å². The standard InChI is InChI=1S/C17H16N4OS/c22-17(11-23-16-4-2-1-3-5-16)19-10-14-6-8-15(9-7-14)21-13-18-12-20-21/h1-9,12-13H,10-11H2,(H,19,22). The van der Waals surface area contributed by atoms with Gasteiger partial charge in [-0.2, -0.15) is 5.10 Å². The van der Waals surface area contributed by atoms with E-state index in [-0.39, 0.29) is 5.91 Å². The topological polar surface area (TPSA) is 59.8 Å². The van der Waals surface area contributed by atoms with Crippen molar-refractivity contribution in [3.8, 4) is 5.69 Å². The van der Waals surface area contributed by atoms with Crippen molar-refractivity contribution >= 4 is 17.7 Å². The van der Waals surface area contributed by atoms with Gasteiger partial charge in [0.1, 0.15) is 12.7 Å². The lowest BCUT2D eigenvalue weighted by atomic mass is 10.2. The molecule has 6 heteroatoms. The normalized spacial score (nSPS) is 10.4. The lowest BCUT2D eigenvalue weighted by Crippen LogP contribution is -2.24. The third-order valence-electron chi connectivity index (χ3n) is 3.22. The molecule has 1 heterocycles. The molecule has 0 aliphatic rings. The molecule has 3 aromatic rings. The molecular formula is C17H16N4OS. The fraction of sp³-hybridized carbons (Fsp3) is 0.118. The molecule has 0 atom stereocenters. The smallest absolute Gasteiger partial charge is 0.230 e. The number of thioether (sulfide) groups is 1. The average Bonchev–Trinajstić information content (AvgIpc) is 3.14. The minimum absolute atomic E-state index is 0.0270. The summed E-state index contributed by atoms with van der Waals surface area (Å²) >= 11 is 1.53. The molecule has 2 aromatic carbocycles. The van der Waals surface area contributed by atoms with E-state index in [2.05, 4.69) is 15.4 Å². The van der Waals surface area contributed by atoms with E-state index >= 15 is 0 Å². The Balaban J connectivity index is 1.47. The van der Waals surface area contributed by atoms with Crippen molar-refractivity contribution in [2.75, 3.05) is 5.75 Å². The largest absolute Gasteiger partial charge is 0.351 e. The van der Waals surface area contributed by atoms with Crippen LogP contribution in [-0.2, 0) is 11.3 Å². The summed E-state index contributed by atoms with van der Waals surface area (Å²) in [5, 5.41) is 7.01. The zero-order valence-electron chi connectivity index (χ0n) is 12.4. The van der Waals surface area contributed by atoms with Crippen LogP contribution < -0.4 is 5.32 Å². The molecule has 3 rings (SSSR count). The summed E-state index contributed by atoms with van der Waals surface area (Å²) in [5.74, 6) is 0.445. The Morgan fingerprint density at radius 2 is 1.87 bits per heavy atom. The SMILES string of the molecule is O=C(CSc1ccccc1)NCc1ccc(-n2cncn2)cc1. The van der Waals surface area contributed by atoms with Crippen LogP contribution in [0.25, 0.3) is 5.69 Å². The second-order valence-corrected chi connectivity index (χ2v) is 5.93. The van der Waals surface area contributed by atoms with Gasteiger partial charge in [-0.25, -0.2) is 9.67 Å². The minimum Gasteiger partial charge on any atom is -0.351 e. The summed E-state index contributed by atoms with van der Waals surface area (Å²) in [4.78, 5) is 16.9. The van der Waals surface area contributed by atoms with Gasteiger partial charge in [0.25, 0.3) is 0 Å². The first-order valence-corrected chi connectivity index (χ1v) is 8.18. The number of hydrogen-bond donors (Lipinski definition) is 1. The Kier molecular flexibility index (Phi) is 5.06. The van der Waals surface area contributed by atoms with E-state index < -0.39 is 0 Å². The fourth-order valence-electron chi connectivity index (χ4n) is 2.03. The molecule has 0 saturated carbocycles. The Labute approximate surface area is 138 Å². The number of hydrogen-bond acceptors (Lipinski definition) is 4. The summed E-state index contributed by atoms with van der Waals surface area (Å²) in [7, 11) is 0. The summed E-state index contributed by atoms with van der Waals surface area (Å²) in [6, 6.07) is 17.8. The number of rotatable bonds is 6. The lowest BCUT2D eigenvalue weighted by molar-refractivity contribution is -0.118. The zero-order chi connectivity index (χ0) is 15.9. The highest BCUT2D eigenvalue weighted by Crippen LogP contribution is 2.16. The lowest BCUT2D eigenvalue weighted by Gasteiger charge is -2.06. The van der Waals surface area contributed by atoms with Gasteiger partial charge in [0, 0.05) is 11.4 Å². The molecule has 0 fully saturated rings. The van der Waals surface area contributed by atoms with Crippen LogP contribution in [0.5, 0.6) is 0 Å². The highest BCUT2D eigenvalue weighted by Gasteiger charge is 2.03. The van der Waals surface area contributed by atoms with Crippen molar-refractivity contribution in [2.45, 2.75) is 11.4 Å². The van der Waals surface area contributed by atoms with Gasteiger partial charge in [-0.05, 0) is 29.8 Å². The van der Waals surface area contributed by atoms with Gasteiger partial charge >= 0.3 is 0 Å². The molecule has 5 nitrogen and oxygen atoms in total. The van der Waals surface area contributed by atoms with E-state index in [0.29, 0.717) is 12.3 Å². The summed E-state index contributed by atoms with van der Waals surface area (Å²) in [6.45, 7) is 0.520. The molecule has 1 N–H and O–H groups in total. The molecule has 0 saturated heterocycles. The van der Waals surface area contributed by atoms with Gasteiger partial charge in [0.05, 0.1) is 11.4 Å². The second-order valence-electron chi connectivity index (χ2n) is 4.88. The van der Waals surface area contributed by atoms with E-state index in [4.69, 9.17) is 0 Å². The van der Waals surface area contributed by atoms with Crippen LogP contribution in [0.15, 0.2) is 72.1 Å². The molecular weight excluding hydrogens is 308 g/mol. The third kappa shape index (κ3) is 4.43. The highest BCUT2D eigenvalue weighted by molar-refractivity contribution is 8.00. The number of carbonyl (C=O) groups excluding carboxylic acids is 1. The second kappa shape index (κ2) is 7.60. The zero-order valence-corrected chi connectivity index (χ0v) is 13.2. The van der Waals surface area contributed by atoms with Gasteiger partial charge in [-0.3, -0.25) is 4.79 Å². The van der Waals surface area contributed by atoms with Crippen molar-refractivity contribution in [1.29, 1.82) is 0 Å². The minimum atomic E-state index is 0.0270.